The standard InChI is InChI=1S/C19H20BrN3O3S/c1-26-18(24)14-5-6-16(21-12-14)13-23(17-4-2-3-15(20)11-17)19(25)22-7-9-27-10-8-22/h2-6,11-12H,7-10,13H2,1H3. The van der Waals surface area contributed by atoms with Crippen LogP contribution in [-0.4, -0.2) is 53.6 Å². The molecular weight excluding hydrogens is 430 g/mol. The Kier molecular flexibility index (Phi) is 6.73. The fraction of sp³-hybridized carbons (Fsp3) is 0.316. The van der Waals surface area contributed by atoms with Crippen molar-refractivity contribution >= 4 is 45.4 Å². The minimum Gasteiger partial charge on any atom is -0.465 e. The minimum absolute atomic E-state index is 0.0350. The van der Waals surface area contributed by atoms with Crippen LogP contribution in [0, 0.1) is 0 Å². The lowest BCUT2D eigenvalue weighted by Crippen LogP contribution is -2.46. The molecule has 0 bridgehead atoms. The van der Waals surface area contributed by atoms with E-state index in [2.05, 4.69) is 20.9 Å². The zero-order valence-electron chi connectivity index (χ0n) is 14.9. The molecule has 3 rings (SSSR count). The van der Waals surface area contributed by atoms with Gasteiger partial charge < -0.3 is 9.64 Å². The second kappa shape index (κ2) is 9.23. The molecule has 0 radical (unpaired) electrons. The molecule has 0 saturated carbocycles. The van der Waals surface area contributed by atoms with Crippen molar-refractivity contribution in [1.29, 1.82) is 0 Å². The molecule has 2 heterocycles. The van der Waals surface area contributed by atoms with Gasteiger partial charge in [0.15, 0.2) is 0 Å². The van der Waals surface area contributed by atoms with Crippen molar-refractivity contribution in [3.05, 3.63) is 58.3 Å². The number of methoxy groups -OCH3 is 1. The van der Waals surface area contributed by atoms with Gasteiger partial charge >= 0.3 is 12.0 Å². The van der Waals surface area contributed by atoms with Crippen molar-refractivity contribution < 1.29 is 14.3 Å². The molecule has 0 spiro atoms. The second-order valence-electron chi connectivity index (χ2n) is 5.98. The number of pyridine rings is 1. The van der Waals surface area contributed by atoms with E-state index in [1.807, 2.05) is 40.9 Å². The van der Waals surface area contributed by atoms with Gasteiger partial charge in [0.1, 0.15) is 0 Å². The van der Waals surface area contributed by atoms with Crippen molar-refractivity contribution in [2.45, 2.75) is 6.54 Å². The predicted octanol–water partition coefficient (Wildman–Crippen LogP) is 3.81. The Labute approximate surface area is 171 Å². The number of amides is 2. The Morgan fingerprint density at radius 3 is 2.67 bits per heavy atom. The van der Waals surface area contributed by atoms with E-state index in [9.17, 15) is 9.59 Å². The van der Waals surface area contributed by atoms with Crippen molar-refractivity contribution in [3.63, 3.8) is 0 Å². The van der Waals surface area contributed by atoms with Gasteiger partial charge in [0.2, 0.25) is 0 Å². The molecule has 1 fully saturated rings. The van der Waals surface area contributed by atoms with Crippen LogP contribution in [0.15, 0.2) is 47.1 Å². The Hall–Kier alpha value is -2.06. The third-order valence-corrected chi connectivity index (χ3v) is 5.63. The Morgan fingerprint density at radius 1 is 1.26 bits per heavy atom. The first kappa shape index (κ1) is 19.7. The summed E-state index contributed by atoms with van der Waals surface area (Å²) in [5, 5.41) is 0. The molecule has 142 valence electrons. The topological polar surface area (TPSA) is 62.7 Å². The molecule has 1 aliphatic heterocycles. The molecule has 2 amide bonds. The number of esters is 1. The molecule has 0 atom stereocenters. The maximum Gasteiger partial charge on any atom is 0.339 e. The molecule has 8 heteroatoms. The van der Waals surface area contributed by atoms with E-state index in [4.69, 9.17) is 4.74 Å². The monoisotopic (exact) mass is 449 g/mol. The number of thioether (sulfide) groups is 1. The van der Waals surface area contributed by atoms with E-state index in [0.717, 1.165) is 34.8 Å². The summed E-state index contributed by atoms with van der Waals surface area (Å²) < 4.78 is 5.60. The van der Waals surface area contributed by atoms with Crippen molar-refractivity contribution in [2.24, 2.45) is 0 Å². The first-order valence-electron chi connectivity index (χ1n) is 8.51. The molecule has 0 unspecified atom stereocenters. The number of anilines is 1. The maximum atomic E-state index is 13.2. The average molecular weight is 450 g/mol. The number of hydrogen-bond acceptors (Lipinski definition) is 5. The van der Waals surface area contributed by atoms with Gasteiger partial charge in [0, 0.05) is 41.0 Å². The SMILES string of the molecule is COC(=O)c1ccc(CN(C(=O)N2CCSCC2)c2cccc(Br)c2)nc1. The lowest BCUT2D eigenvalue weighted by Gasteiger charge is -2.33. The third-order valence-electron chi connectivity index (χ3n) is 4.20. The van der Waals surface area contributed by atoms with Crippen LogP contribution in [0.25, 0.3) is 0 Å². The smallest absolute Gasteiger partial charge is 0.339 e. The van der Waals surface area contributed by atoms with Crippen LogP contribution in [0.2, 0.25) is 0 Å². The molecule has 2 aromatic rings. The van der Waals surface area contributed by atoms with Gasteiger partial charge in [-0.2, -0.15) is 11.8 Å². The van der Waals surface area contributed by atoms with Gasteiger partial charge in [-0.3, -0.25) is 9.88 Å². The fourth-order valence-electron chi connectivity index (χ4n) is 2.76. The molecule has 1 saturated heterocycles. The maximum absolute atomic E-state index is 13.2. The number of aromatic nitrogens is 1. The number of carbonyl (C=O) groups is 2. The van der Waals surface area contributed by atoms with E-state index in [0.29, 0.717) is 17.8 Å². The lowest BCUT2D eigenvalue weighted by molar-refractivity contribution is 0.0600. The third kappa shape index (κ3) is 5.01. The molecule has 1 aromatic carbocycles. The molecular formula is C19H20BrN3O3S. The van der Waals surface area contributed by atoms with E-state index in [-0.39, 0.29) is 6.03 Å². The van der Waals surface area contributed by atoms with Crippen molar-refractivity contribution in [3.8, 4) is 0 Å². The summed E-state index contributed by atoms with van der Waals surface area (Å²) in [6.45, 7) is 1.80. The molecule has 6 nitrogen and oxygen atoms in total. The quantitative estimate of drug-likeness (QED) is 0.664. The Balaban J connectivity index is 1.85. The van der Waals surface area contributed by atoms with Gasteiger partial charge in [-0.15, -0.1) is 0 Å². The summed E-state index contributed by atoms with van der Waals surface area (Å²) in [7, 11) is 1.33. The fourth-order valence-corrected chi connectivity index (χ4v) is 4.05. The molecule has 1 aliphatic rings. The molecule has 0 aliphatic carbocycles. The molecule has 0 N–H and O–H groups in total. The van der Waals surface area contributed by atoms with Crippen LogP contribution in [0.1, 0.15) is 16.1 Å². The first-order chi connectivity index (χ1) is 13.1. The number of benzene rings is 1. The first-order valence-corrected chi connectivity index (χ1v) is 10.5. The zero-order chi connectivity index (χ0) is 19.2. The van der Waals surface area contributed by atoms with Gasteiger partial charge in [0.25, 0.3) is 0 Å². The summed E-state index contributed by atoms with van der Waals surface area (Å²) >= 11 is 5.33. The Bertz CT molecular complexity index is 810. The van der Waals surface area contributed by atoms with Crippen LogP contribution in [0.4, 0.5) is 10.5 Å². The van der Waals surface area contributed by atoms with Gasteiger partial charge in [0.05, 0.1) is 24.9 Å². The number of carbonyl (C=O) groups excluding carboxylic acids is 2. The zero-order valence-corrected chi connectivity index (χ0v) is 17.3. The van der Waals surface area contributed by atoms with Crippen molar-refractivity contribution in [1.82, 2.24) is 9.88 Å². The average Bonchev–Trinajstić information content (AvgIpc) is 2.72. The highest BCUT2D eigenvalue weighted by Crippen LogP contribution is 2.24. The van der Waals surface area contributed by atoms with Crippen LogP contribution in [-0.2, 0) is 11.3 Å². The minimum atomic E-state index is -0.431. The molecule has 27 heavy (non-hydrogen) atoms. The van der Waals surface area contributed by atoms with Crippen LogP contribution in [0.5, 0.6) is 0 Å². The number of urea groups is 1. The van der Waals surface area contributed by atoms with E-state index in [1.54, 1.807) is 17.0 Å². The number of rotatable bonds is 4. The van der Waals surface area contributed by atoms with Crippen LogP contribution in [0.3, 0.4) is 0 Å². The summed E-state index contributed by atoms with van der Waals surface area (Å²) in [5.41, 5.74) is 1.88. The second-order valence-corrected chi connectivity index (χ2v) is 8.12. The van der Waals surface area contributed by atoms with Gasteiger partial charge in [-0.05, 0) is 30.3 Å². The summed E-state index contributed by atoms with van der Waals surface area (Å²) in [4.78, 5) is 32.7. The largest absolute Gasteiger partial charge is 0.465 e. The van der Waals surface area contributed by atoms with Crippen LogP contribution < -0.4 is 4.90 Å². The van der Waals surface area contributed by atoms with E-state index in [1.165, 1.54) is 13.3 Å². The number of hydrogen-bond donors (Lipinski definition) is 0. The summed E-state index contributed by atoms with van der Waals surface area (Å²) in [5.74, 6) is 1.47. The highest BCUT2D eigenvalue weighted by atomic mass is 79.9. The number of ether oxygens (including phenoxy) is 1. The highest BCUT2D eigenvalue weighted by molar-refractivity contribution is 9.10. The Morgan fingerprint density at radius 2 is 2.04 bits per heavy atom. The lowest BCUT2D eigenvalue weighted by atomic mass is 10.2. The predicted molar refractivity (Wildman–Crippen MR) is 110 cm³/mol. The van der Waals surface area contributed by atoms with Crippen molar-refractivity contribution in [2.75, 3.05) is 36.6 Å². The normalized spacial score (nSPS) is 13.9. The molecule has 1 aromatic heterocycles. The highest BCUT2D eigenvalue weighted by Gasteiger charge is 2.25. The van der Waals surface area contributed by atoms with Gasteiger partial charge in [-0.25, -0.2) is 9.59 Å². The van der Waals surface area contributed by atoms with E-state index < -0.39 is 5.97 Å². The number of halogens is 1. The summed E-state index contributed by atoms with van der Waals surface area (Å²) in [6, 6.07) is 11.0. The van der Waals surface area contributed by atoms with E-state index >= 15 is 0 Å². The van der Waals surface area contributed by atoms with Crippen LogP contribution >= 0.6 is 27.7 Å². The van der Waals surface area contributed by atoms with Gasteiger partial charge in [-0.1, -0.05) is 22.0 Å². The number of nitrogens with zero attached hydrogens (tertiary/aromatic N) is 3. The summed E-state index contributed by atoms with van der Waals surface area (Å²) in [6.07, 6.45) is 1.47.